The number of imidazole rings is 1. The number of hydrogen-bond donors (Lipinski definition) is 3. The fourth-order valence-electron chi connectivity index (χ4n) is 3.14. The molecule has 1 aromatic carbocycles. The second-order valence-electron chi connectivity index (χ2n) is 6.22. The average Bonchev–Trinajstić information content (AvgIpc) is 3.16. The Morgan fingerprint density at radius 3 is 2.72 bits per heavy atom. The Bertz CT molecular complexity index is 909. The van der Waals surface area contributed by atoms with Crippen molar-refractivity contribution in [2.24, 2.45) is 0 Å². The Morgan fingerprint density at radius 1 is 1.28 bits per heavy atom. The van der Waals surface area contributed by atoms with Crippen LogP contribution in [0.15, 0.2) is 30.6 Å². The molecule has 3 heterocycles. The summed E-state index contributed by atoms with van der Waals surface area (Å²) in [6.07, 6.45) is -0.170. The maximum atomic E-state index is 10.1. The number of rotatable bonds is 3. The standard InChI is InChI=1S/C17H19N5O3/c1-9-2-4-10(5-3-9)16-21-14-15(18)19-8-20-17(14)22(16)13-6-11(24)12(7-23)25-13/h2-5,8,11-13,23-24H,6-7H2,1H3,(H2,18,19,20). The molecule has 1 aliphatic rings. The SMILES string of the molecule is Cc1ccc(-c2nc3c(N)ncnc3n2C2CC(O)C(CO)O2)cc1. The minimum absolute atomic E-state index is 0.249. The van der Waals surface area contributed by atoms with Gasteiger partial charge in [-0.1, -0.05) is 29.8 Å². The maximum Gasteiger partial charge on any atom is 0.168 e. The molecular formula is C17H19N5O3. The third-order valence-electron chi connectivity index (χ3n) is 4.49. The molecule has 0 spiro atoms. The zero-order valence-corrected chi connectivity index (χ0v) is 13.7. The molecule has 0 radical (unpaired) electrons. The van der Waals surface area contributed by atoms with Crippen LogP contribution in [0.25, 0.3) is 22.6 Å². The molecule has 4 N–H and O–H groups in total. The van der Waals surface area contributed by atoms with Crippen molar-refractivity contribution < 1.29 is 14.9 Å². The van der Waals surface area contributed by atoms with E-state index in [1.54, 1.807) is 0 Å². The molecule has 4 rings (SSSR count). The first kappa shape index (κ1) is 15.9. The van der Waals surface area contributed by atoms with Crippen molar-refractivity contribution in [3.8, 4) is 11.4 Å². The third-order valence-corrected chi connectivity index (χ3v) is 4.49. The summed E-state index contributed by atoms with van der Waals surface area (Å²) >= 11 is 0. The number of aliphatic hydroxyl groups excluding tert-OH is 2. The molecule has 0 saturated carbocycles. The number of hydrogen-bond acceptors (Lipinski definition) is 7. The lowest BCUT2D eigenvalue weighted by Crippen LogP contribution is -2.24. The predicted octanol–water partition coefficient (Wildman–Crippen LogP) is 1.02. The molecule has 1 aliphatic heterocycles. The lowest BCUT2D eigenvalue weighted by molar-refractivity contribution is -0.0426. The van der Waals surface area contributed by atoms with Crippen molar-refractivity contribution in [3.05, 3.63) is 36.2 Å². The minimum Gasteiger partial charge on any atom is -0.394 e. The first-order chi connectivity index (χ1) is 12.1. The number of aromatic nitrogens is 4. The summed E-state index contributed by atoms with van der Waals surface area (Å²) in [5, 5.41) is 19.5. The Labute approximate surface area is 143 Å². The van der Waals surface area contributed by atoms with Crippen LogP contribution in [-0.2, 0) is 4.74 Å². The van der Waals surface area contributed by atoms with Crippen molar-refractivity contribution in [2.75, 3.05) is 12.3 Å². The van der Waals surface area contributed by atoms with Crippen LogP contribution in [0.5, 0.6) is 0 Å². The molecule has 3 atom stereocenters. The number of ether oxygens (including phenoxy) is 1. The van der Waals surface area contributed by atoms with E-state index in [4.69, 9.17) is 10.5 Å². The van der Waals surface area contributed by atoms with Crippen LogP contribution in [0.4, 0.5) is 5.82 Å². The van der Waals surface area contributed by atoms with E-state index in [2.05, 4.69) is 15.0 Å². The summed E-state index contributed by atoms with van der Waals surface area (Å²) in [5.41, 5.74) is 9.01. The van der Waals surface area contributed by atoms with E-state index >= 15 is 0 Å². The molecule has 25 heavy (non-hydrogen) atoms. The number of nitrogens with zero attached hydrogens (tertiary/aromatic N) is 4. The van der Waals surface area contributed by atoms with E-state index in [1.807, 2.05) is 35.8 Å². The quantitative estimate of drug-likeness (QED) is 0.651. The number of anilines is 1. The molecule has 1 saturated heterocycles. The lowest BCUT2D eigenvalue weighted by atomic mass is 10.1. The summed E-state index contributed by atoms with van der Waals surface area (Å²) in [5.74, 6) is 0.923. The number of nitrogen functional groups attached to an aromatic ring is 1. The van der Waals surface area contributed by atoms with Gasteiger partial charge in [0, 0.05) is 12.0 Å². The highest BCUT2D eigenvalue weighted by Gasteiger charge is 2.37. The van der Waals surface area contributed by atoms with Crippen LogP contribution in [-0.4, -0.2) is 48.5 Å². The van der Waals surface area contributed by atoms with Gasteiger partial charge in [0.1, 0.15) is 24.5 Å². The number of benzene rings is 1. The first-order valence-electron chi connectivity index (χ1n) is 8.08. The Hall–Kier alpha value is -2.55. The van der Waals surface area contributed by atoms with Gasteiger partial charge in [0.2, 0.25) is 0 Å². The van der Waals surface area contributed by atoms with Crippen LogP contribution in [0.2, 0.25) is 0 Å². The largest absolute Gasteiger partial charge is 0.394 e. The van der Waals surface area contributed by atoms with Gasteiger partial charge in [0.25, 0.3) is 0 Å². The van der Waals surface area contributed by atoms with Gasteiger partial charge in [0.15, 0.2) is 17.0 Å². The fraction of sp³-hybridized carbons (Fsp3) is 0.353. The fourth-order valence-corrected chi connectivity index (χ4v) is 3.14. The Kier molecular flexibility index (Phi) is 3.87. The first-order valence-corrected chi connectivity index (χ1v) is 8.08. The minimum atomic E-state index is -0.752. The molecule has 8 nitrogen and oxygen atoms in total. The molecule has 3 aromatic rings. The molecule has 0 amide bonds. The molecule has 2 aromatic heterocycles. The number of aryl methyl sites for hydroxylation is 1. The second-order valence-corrected chi connectivity index (χ2v) is 6.22. The smallest absolute Gasteiger partial charge is 0.168 e. The van der Waals surface area contributed by atoms with Gasteiger partial charge in [-0.05, 0) is 6.92 Å². The van der Waals surface area contributed by atoms with Crippen molar-refractivity contribution in [2.45, 2.75) is 31.8 Å². The van der Waals surface area contributed by atoms with Crippen molar-refractivity contribution in [1.82, 2.24) is 19.5 Å². The van der Waals surface area contributed by atoms with Crippen molar-refractivity contribution >= 4 is 17.0 Å². The van der Waals surface area contributed by atoms with Gasteiger partial charge in [-0.2, -0.15) is 0 Å². The van der Waals surface area contributed by atoms with E-state index in [-0.39, 0.29) is 12.4 Å². The molecule has 0 bridgehead atoms. The maximum absolute atomic E-state index is 10.1. The lowest BCUT2D eigenvalue weighted by Gasteiger charge is -2.16. The van der Waals surface area contributed by atoms with Crippen molar-refractivity contribution in [3.63, 3.8) is 0 Å². The zero-order valence-electron chi connectivity index (χ0n) is 13.7. The van der Waals surface area contributed by atoms with Crippen LogP contribution >= 0.6 is 0 Å². The molecule has 3 unspecified atom stereocenters. The van der Waals surface area contributed by atoms with Gasteiger partial charge < -0.3 is 20.7 Å². The molecule has 1 fully saturated rings. The highest BCUT2D eigenvalue weighted by Crippen LogP contribution is 2.36. The Balaban J connectivity index is 1.90. The monoisotopic (exact) mass is 341 g/mol. The summed E-state index contributed by atoms with van der Waals surface area (Å²) in [7, 11) is 0. The van der Waals surface area contributed by atoms with Gasteiger partial charge in [0.05, 0.1) is 12.7 Å². The zero-order chi connectivity index (χ0) is 17.6. The van der Waals surface area contributed by atoms with Crippen LogP contribution in [0, 0.1) is 6.92 Å². The van der Waals surface area contributed by atoms with E-state index in [9.17, 15) is 10.2 Å². The van der Waals surface area contributed by atoms with Gasteiger partial charge in [-0.3, -0.25) is 4.57 Å². The highest BCUT2D eigenvalue weighted by atomic mass is 16.5. The highest BCUT2D eigenvalue weighted by molar-refractivity contribution is 5.85. The van der Waals surface area contributed by atoms with E-state index in [1.165, 1.54) is 6.33 Å². The topological polar surface area (TPSA) is 119 Å². The second kappa shape index (κ2) is 6.07. The van der Waals surface area contributed by atoms with E-state index in [0.29, 0.717) is 23.4 Å². The molecule has 8 heteroatoms. The predicted molar refractivity (Wildman–Crippen MR) is 91.5 cm³/mol. The van der Waals surface area contributed by atoms with Gasteiger partial charge in [-0.25, -0.2) is 15.0 Å². The normalized spacial score (nSPS) is 23.4. The number of aliphatic hydroxyl groups is 2. The summed E-state index contributed by atoms with van der Waals surface area (Å²) in [6, 6.07) is 7.92. The van der Waals surface area contributed by atoms with E-state index in [0.717, 1.165) is 11.1 Å². The summed E-state index contributed by atoms with van der Waals surface area (Å²) in [4.78, 5) is 12.9. The number of nitrogens with two attached hydrogens (primary N) is 1. The van der Waals surface area contributed by atoms with Gasteiger partial charge in [-0.15, -0.1) is 0 Å². The molecule has 0 aliphatic carbocycles. The third kappa shape index (κ3) is 2.64. The average molecular weight is 341 g/mol. The Morgan fingerprint density at radius 2 is 2.04 bits per heavy atom. The van der Waals surface area contributed by atoms with Crippen molar-refractivity contribution in [1.29, 1.82) is 0 Å². The molecule has 130 valence electrons. The summed E-state index contributed by atoms with van der Waals surface area (Å²) in [6.45, 7) is 1.76. The van der Waals surface area contributed by atoms with Crippen LogP contribution < -0.4 is 5.73 Å². The van der Waals surface area contributed by atoms with Gasteiger partial charge >= 0.3 is 0 Å². The number of fused-ring (bicyclic) bond motifs is 1. The van der Waals surface area contributed by atoms with Crippen LogP contribution in [0.1, 0.15) is 18.2 Å². The molecular weight excluding hydrogens is 322 g/mol. The summed E-state index contributed by atoms with van der Waals surface area (Å²) < 4.78 is 7.64. The van der Waals surface area contributed by atoms with E-state index < -0.39 is 18.4 Å². The van der Waals surface area contributed by atoms with Crippen LogP contribution in [0.3, 0.4) is 0 Å².